The molecule has 1 atom stereocenters. The lowest BCUT2D eigenvalue weighted by Crippen LogP contribution is -2.49. The molecule has 0 aliphatic carbocycles. The normalized spacial score (nSPS) is 16.3. The van der Waals surface area contributed by atoms with Crippen LogP contribution in [0.1, 0.15) is 35.5 Å². The zero-order valence-electron chi connectivity index (χ0n) is 20.2. The zero-order chi connectivity index (χ0) is 23.5. The molecular formula is C27H35N3O3. The van der Waals surface area contributed by atoms with Gasteiger partial charge in [-0.15, -0.1) is 0 Å². The van der Waals surface area contributed by atoms with Gasteiger partial charge in [0.25, 0.3) is 0 Å². The Morgan fingerprint density at radius 3 is 2.33 bits per heavy atom. The number of carbonyl (C=O) groups excluding carboxylic acids is 1. The summed E-state index contributed by atoms with van der Waals surface area (Å²) in [6.45, 7) is 13.8. The number of aromatic nitrogens is 1. The molecule has 0 spiro atoms. The molecule has 0 bridgehead atoms. The van der Waals surface area contributed by atoms with Crippen LogP contribution in [-0.4, -0.2) is 77.2 Å². The average Bonchev–Trinajstić information content (AvgIpc) is 3.10. The minimum absolute atomic E-state index is 0.0340. The van der Waals surface area contributed by atoms with E-state index in [0.29, 0.717) is 17.9 Å². The predicted molar refractivity (Wildman–Crippen MR) is 133 cm³/mol. The van der Waals surface area contributed by atoms with Gasteiger partial charge in [-0.25, -0.2) is 0 Å². The van der Waals surface area contributed by atoms with Crippen molar-refractivity contribution in [1.82, 2.24) is 14.4 Å². The summed E-state index contributed by atoms with van der Waals surface area (Å²) in [4.78, 5) is 17.2. The molecular weight excluding hydrogens is 414 g/mol. The first-order chi connectivity index (χ1) is 15.9. The van der Waals surface area contributed by atoms with Crippen molar-refractivity contribution in [2.24, 2.45) is 0 Å². The quantitative estimate of drug-likeness (QED) is 0.530. The second-order valence-electron chi connectivity index (χ2n) is 9.07. The lowest BCUT2D eigenvalue weighted by Gasteiger charge is -2.34. The number of benzene rings is 2. The molecule has 0 radical (unpaired) electrons. The highest BCUT2D eigenvalue weighted by atomic mass is 16.5. The lowest BCUT2D eigenvalue weighted by molar-refractivity contribution is 0.0471. The molecule has 3 aromatic rings. The Morgan fingerprint density at radius 1 is 1.03 bits per heavy atom. The van der Waals surface area contributed by atoms with Crippen LogP contribution in [-0.2, 0) is 0 Å². The fourth-order valence-corrected chi connectivity index (χ4v) is 4.79. The first-order valence-corrected chi connectivity index (χ1v) is 11.9. The van der Waals surface area contributed by atoms with Crippen molar-refractivity contribution in [2.45, 2.75) is 33.8 Å². The smallest absolute Gasteiger partial charge is 0.162 e. The van der Waals surface area contributed by atoms with Gasteiger partial charge in [0.15, 0.2) is 5.78 Å². The number of β-amino-alcohol motifs (C(OH)–C–C–N with tert-alkyl or cyclic N) is 1. The van der Waals surface area contributed by atoms with Crippen molar-refractivity contribution in [2.75, 3.05) is 45.9 Å². The number of ketones is 1. The van der Waals surface area contributed by atoms with Gasteiger partial charge in [-0.3, -0.25) is 9.69 Å². The number of rotatable bonds is 8. The number of aliphatic hydroxyl groups excluding tert-OH is 1. The van der Waals surface area contributed by atoms with Crippen LogP contribution in [0.2, 0.25) is 0 Å². The molecule has 1 aliphatic rings. The van der Waals surface area contributed by atoms with Crippen LogP contribution in [0.15, 0.2) is 42.5 Å². The first-order valence-electron chi connectivity index (χ1n) is 11.9. The van der Waals surface area contributed by atoms with Gasteiger partial charge in [-0.1, -0.05) is 24.6 Å². The largest absolute Gasteiger partial charge is 0.491 e. The predicted octanol–water partition coefficient (Wildman–Crippen LogP) is 3.83. The van der Waals surface area contributed by atoms with Gasteiger partial charge in [0.2, 0.25) is 0 Å². The Labute approximate surface area is 196 Å². The fourth-order valence-electron chi connectivity index (χ4n) is 4.79. The number of piperazine rings is 1. The molecule has 1 N–H and O–H groups in total. The van der Waals surface area contributed by atoms with Gasteiger partial charge < -0.3 is 19.3 Å². The molecule has 0 saturated carbocycles. The third-order valence-electron chi connectivity index (χ3n) is 6.64. The van der Waals surface area contributed by atoms with Crippen molar-refractivity contribution < 1.29 is 14.6 Å². The lowest BCUT2D eigenvalue weighted by atomic mass is 10.1. The van der Waals surface area contributed by atoms with E-state index < -0.39 is 6.10 Å². The highest BCUT2D eigenvalue weighted by Crippen LogP contribution is 2.32. The van der Waals surface area contributed by atoms with E-state index in [4.69, 9.17) is 4.74 Å². The van der Waals surface area contributed by atoms with E-state index in [2.05, 4.69) is 52.5 Å². The maximum Gasteiger partial charge on any atom is 0.162 e. The molecule has 2 aromatic carbocycles. The van der Waals surface area contributed by atoms with Crippen LogP contribution in [0.5, 0.6) is 5.75 Å². The molecule has 1 aliphatic heterocycles. The SMILES string of the molecule is CCN1CCN(CC(O)COc2ccc3c(c2)c(C(C)=O)c(C)n3-c2ccc(C)cc2)CC1. The molecule has 1 aromatic heterocycles. The molecule has 6 nitrogen and oxygen atoms in total. The number of aryl methyl sites for hydroxylation is 1. The zero-order valence-corrected chi connectivity index (χ0v) is 20.2. The van der Waals surface area contributed by atoms with Gasteiger partial charge in [0.05, 0.1) is 5.52 Å². The number of hydrogen-bond donors (Lipinski definition) is 1. The standard InChI is InChI=1S/C27H35N3O3/c1-5-28-12-14-29(15-13-28)17-23(32)18-33-24-10-11-26-25(16-24)27(21(4)31)20(3)30(26)22-8-6-19(2)7-9-22/h6-11,16,23,32H,5,12-15,17-18H2,1-4H3. The van der Waals surface area contributed by atoms with E-state index in [0.717, 1.165) is 55.0 Å². The Balaban J connectivity index is 1.51. The molecule has 1 unspecified atom stereocenters. The Kier molecular flexibility index (Phi) is 7.17. The topological polar surface area (TPSA) is 57.9 Å². The number of aliphatic hydroxyl groups is 1. The van der Waals surface area contributed by atoms with E-state index in [1.54, 1.807) is 6.92 Å². The Morgan fingerprint density at radius 2 is 1.70 bits per heavy atom. The van der Waals surface area contributed by atoms with E-state index in [-0.39, 0.29) is 12.4 Å². The summed E-state index contributed by atoms with van der Waals surface area (Å²) in [6, 6.07) is 14.2. The van der Waals surface area contributed by atoms with Crippen molar-refractivity contribution in [3.8, 4) is 11.4 Å². The van der Waals surface area contributed by atoms with Crippen molar-refractivity contribution in [1.29, 1.82) is 0 Å². The summed E-state index contributed by atoms with van der Waals surface area (Å²) in [7, 11) is 0. The summed E-state index contributed by atoms with van der Waals surface area (Å²) in [5, 5.41) is 11.4. The maximum atomic E-state index is 12.5. The van der Waals surface area contributed by atoms with Crippen LogP contribution in [0.3, 0.4) is 0 Å². The average molecular weight is 450 g/mol. The maximum absolute atomic E-state index is 12.5. The molecule has 1 saturated heterocycles. The second kappa shape index (κ2) is 10.1. The van der Waals surface area contributed by atoms with Gasteiger partial charge in [0, 0.05) is 55.1 Å². The second-order valence-corrected chi connectivity index (χ2v) is 9.07. The minimum atomic E-state index is -0.556. The van der Waals surface area contributed by atoms with Crippen molar-refractivity contribution in [3.05, 3.63) is 59.3 Å². The summed E-state index contributed by atoms with van der Waals surface area (Å²) < 4.78 is 8.08. The van der Waals surface area contributed by atoms with Crippen molar-refractivity contribution >= 4 is 16.7 Å². The highest BCUT2D eigenvalue weighted by Gasteiger charge is 2.21. The van der Waals surface area contributed by atoms with Crippen LogP contribution in [0, 0.1) is 13.8 Å². The van der Waals surface area contributed by atoms with Crippen LogP contribution >= 0.6 is 0 Å². The first kappa shape index (κ1) is 23.5. The molecule has 176 valence electrons. The summed E-state index contributed by atoms with van der Waals surface area (Å²) >= 11 is 0. The number of likely N-dealkylation sites (N-methyl/N-ethyl adjacent to an activating group) is 1. The molecule has 33 heavy (non-hydrogen) atoms. The Bertz CT molecular complexity index is 1110. The third kappa shape index (κ3) is 5.13. The number of fused-ring (bicyclic) bond motifs is 1. The van der Waals surface area contributed by atoms with Gasteiger partial charge >= 0.3 is 0 Å². The molecule has 0 amide bonds. The van der Waals surface area contributed by atoms with Crippen LogP contribution in [0.4, 0.5) is 0 Å². The van der Waals surface area contributed by atoms with Crippen LogP contribution in [0.25, 0.3) is 16.6 Å². The minimum Gasteiger partial charge on any atom is -0.491 e. The third-order valence-corrected chi connectivity index (χ3v) is 6.64. The van der Waals surface area contributed by atoms with E-state index >= 15 is 0 Å². The molecule has 2 heterocycles. The fraction of sp³-hybridized carbons (Fsp3) is 0.444. The molecule has 4 rings (SSSR count). The number of Topliss-reactive ketones (excluding diaryl/α,β-unsaturated/α-hetero) is 1. The summed E-state index contributed by atoms with van der Waals surface area (Å²) in [6.07, 6.45) is -0.556. The van der Waals surface area contributed by atoms with Crippen LogP contribution < -0.4 is 4.74 Å². The molecule has 1 fully saturated rings. The number of nitrogens with zero attached hydrogens (tertiary/aromatic N) is 3. The monoisotopic (exact) mass is 449 g/mol. The number of ether oxygens (including phenoxy) is 1. The number of carbonyl (C=O) groups is 1. The van der Waals surface area contributed by atoms with Gasteiger partial charge in [-0.05, 0) is 57.6 Å². The number of hydrogen-bond acceptors (Lipinski definition) is 5. The van der Waals surface area contributed by atoms with E-state index in [9.17, 15) is 9.90 Å². The van der Waals surface area contributed by atoms with Gasteiger partial charge in [-0.2, -0.15) is 0 Å². The van der Waals surface area contributed by atoms with Crippen molar-refractivity contribution in [3.63, 3.8) is 0 Å². The highest BCUT2D eigenvalue weighted by molar-refractivity contribution is 6.09. The summed E-state index contributed by atoms with van der Waals surface area (Å²) in [5.74, 6) is 0.702. The van der Waals surface area contributed by atoms with E-state index in [1.807, 2.05) is 25.1 Å². The van der Waals surface area contributed by atoms with Gasteiger partial charge in [0.1, 0.15) is 18.5 Å². The Hall–Kier alpha value is -2.67. The van der Waals surface area contributed by atoms with E-state index in [1.165, 1.54) is 5.56 Å². The molecule has 6 heteroatoms. The summed E-state index contributed by atoms with van der Waals surface area (Å²) in [5.41, 5.74) is 4.84.